The van der Waals surface area contributed by atoms with Gasteiger partial charge in [-0.2, -0.15) is 0 Å². The number of phenolic OH excluding ortho intramolecular Hbond substituents is 2. The van der Waals surface area contributed by atoms with Gasteiger partial charge in [0.1, 0.15) is 22.9 Å². The molecule has 0 radical (unpaired) electrons. The smallest absolute Gasteiger partial charge is 0.253 e. The maximum absolute atomic E-state index is 12.0. The Labute approximate surface area is 150 Å². The molecule has 134 valence electrons. The molecule has 4 N–H and O–H groups in total. The molecule has 0 saturated heterocycles. The van der Waals surface area contributed by atoms with E-state index in [2.05, 4.69) is 10.6 Å². The molecule has 0 aliphatic carbocycles. The number of aromatic hydroxyl groups is 2. The highest BCUT2D eigenvalue weighted by molar-refractivity contribution is 5.79. The normalized spacial score (nSPS) is 12.1. The van der Waals surface area contributed by atoms with Crippen LogP contribution in [0.3, 0.4) is 0 Å². The number of benzene rings is 2. The topological polar surface area (TPSA) is 98.7 Å². The summed E-state index contributed by atoms with van der Waals surface area (Å²) < 4.78 is 0. The number of aryl methyl sites for hydroxylation is 1. The molecule has 0 heterocycles. The molecule has 3 aromatic rings. The number of nitrogens with one attached hydrogen (secondary N) is 2. The molecule has 0 aliphatic rings. The molecule has 0 bridgehead atoms. The Hall–Kier alpha value is -3.28. The maximum atomic E-state index is 12.0. The van der Waals surface area contributed by atoms with Gasteiger partial charge in [-0.1, -0.05) is 19.1 Å². The van der Waals surface area contributed by atoms with Gasteiger partial charge in [-0.15, -0.1) is 0 Å². The molecule has 3 rings (SSSR count). The molecule has 0 aliphatic heterocycles. The summed E-state index contributed by atoms with van der Waals surface area (Å²) in [5.41, 5.74) is 1.43. The minimum absolute atomic E-state index is 0.135. The quantitative estimate of drug-likeness (QED) is 0.402. The first-order chi connectivity index (χ1) is 12.4. The minimum Gasteiger partial charge on any atom is -0.508 e. The molecule has 0 spiro atoms. The van der Waals surface area contributed by atoms with Crippen LogP contribution < -0.4 is 21.5 Å². The third-order valence-corrected chi connectivity index (χ3v) is 4.37. The molecule has 0 fully saturated rings. The van der Waals surface area contributed by atoms with E-state index in [0.29, 0.717) is 12.1 Å². The Morgan fingerprint density at radius 1 is 1.00 bits per heavy atom. The Morgan fingerprint density at radius 2 is 1.73 bits per heavy atom. The standard InChI is InChI=1S/C20H20N2O4/c1-3-12-9-14(7-8-16(12)24)22-18-17(19(25)20(18)26)21-11(2)13-5-4-6-15(23)10-13/h4-11,21-24H,3H2,1-2H3. The predicted molar refractivity (Wildman–Crippen MR) is 102 cm³/mol. The van der Waals surface area contributed by atoms with Gasteiger partial charge in [-0.3, -0.25) is 9.59 Å². The zero-order valence-electron chi connectivity index (χ0n) is 14.5. The Morgan fingerprint density at radius 3 is 2.42 bits per heavy atom. The number of anilines is 3. The summed E-state index contributed by atoms with van der Waals surface area (Å²) in [5, 5.41) is 25.3. The molecule has 6 nitrogen and oxygen atoms in total. The Balaban J connectivity index is 1.84. The number of hydrogen-bond donors (Lipinski definition) is 4. The van der Waals surface area contributed by atoms with Crippen LogP contribution >= 0.6 is 0 Å². The van der Waals surface area contributed by atoms with Crippen molar-refractivity contribution in [2.75, 3.05) is 10.6 Å². The lowest BCUT2D eigenvalue weighted by Gasteiger charge is -2.20. The molecule has 6 heteroatoms. The molecule has 3 aromatic carbocycles. The fourth-order valence-corrected chi connectivity index (χ4v) is 2.83. The summed E-state index contributed by atoms with van der Waals surface area (Å²) in [6.07, 6.45) is 0.646. The third kappa shape index (κ3) is 3.26. The van der Waals surface area contributed by atoms with Gasteiger partial charge >= 0.3 is 0 Å². The van der Waals surface area contributed by atoms with E-state index < -0.39 is 10.9 Å². The molecule has 26 heavy (non-hydrogen) atoms. The molecular formula is C20H20N2O4. The second kappa shape index (κ2) is 6.92. The van der Waals surface area contributed by atoms with Crippen molar-refractivity contribution in [1.82, 2.24) is 0 Å². The first-order valence-corrected chi connectivity index (χ1v) is 8.38. The van der Waals surface area contributed by atoms with E-state index in [1.807, 2.05) is 19.9 Å². The van der Waals surface area contributed by atoms with Gasteiger partial charge in [0.05, 0.1) is 0 Å². The zero-order valence-corrected chi connectivity index (χ0v) is 14.5. The summed E-state index contributed by atoms with van der Waals surface area (Å²) in [6, 6.07) is 11.4. The fourth-order valence-electron chi connectivity index (χ4n) is 2.83. The van der Waals surface area contributed by atoms with Crippen molar-refractivity contribution >= 4 is 17.1 Å². The highest BCUT2D eigenvalue weighted by atomic mass is 16.3. The molecule has 0 aromatic heterocycles. The van der Waals surface area contributed by atoms with Crippen molar-refractivity contribution < 1.29 is 10.2 Å². The third-order valence-electron chi connectivity index (χ3n) is 4.37. The zero-order chi connectivity index (χ0) is 18.8. The SMILES string of the molecule is CCc1cc(Nc2c(NC(C)c3cccc(O)c3)c(=O)c2=O)ccc1O. The van der Waals surface area contributed by atoms with Gasteiger partial charge in [-0.05, 0) is 54.8 Å². The van der Waals surface area contributed by atoms with Crippen molar-refractivity contribution in [3.05, 3.63) is 74.0 Å². The Bertz CT molecular complexity index is 1020. The van der Waals surface area contributed by atoms with Crippen LogP contribution in [0.2, 0.25) is 0 Å². The highest BCUT2D eigenvalue weighted by Crippen LogP contribution is 2.28. The molecule has 0 saturated carbocycles. The van der Waals surface area contributed by atoms with Crippen LogP contribution in [-0.2, 0) is 6.42 Å². The van der Waals surface area contributed by atoms with Gasteiger partial charge < -0.3 is 20.8 Å². The van der Waals surface area contributed by atoms with E-state index in [9.17, 15) is 19.8 Å². The predicted octanol–water partition coefficient (Wildman–Crippen LogP) is 3.17. The summed E-state index contributed by atoms with van der Waals surface area (Å²) in [5.74, 6) is 0.328. The van der Waals surface area contributed by atoms with Crippen molar-refractivity contribution in [2.24, 2.45) is 0 Å². The summed E-state index contributed by atoms with van der Waals surface area (Å²) in [4.78, 5) is 23.9. The van der Waals surface area contributed by atoms with Gasteiger partial charge in [0, 0.05) is 11.7 Å². The first-order valence-electron chi connectivity index (χ1n) is 8.38. The van der Waals surface area contributed by atoms with Gasteiger partial charge in [-0.25, -0.2) is 0 Å². The van der Waals surface area contributed by atoms with Gasteiger partial charge in [0.2, 0.25) is 0 Å². The van der Waals surface area contributed by atoms with E-state index in [-0.39, 0.29) is 28.9 Å². The van der Waals surface area contributed by atoms with Crippen LogP contribution in [-0.4, -0.2) is 10.2 Å². The van der Waals surface area contributed by atoms with E-state index in [0.717, 1.165) is 11.1 Å². The van der Waals surface area contributed by atoms with Crippen LogP contribution in [0, 0.1) is 0 Å². The highest BCUT2D eigenvalue weighted by Gasteiger charge is 2.23. The van der Waals surface area contributed by atoms with E-state index >= 15 is 0 Å². The number of phenols is 2. The maximum Gasteiger partial charge on any atom is 0.253 e. The van der Waals surface area contributed by atoms with Crippen molar-refractivity contribution in [2.45, 2.75) is 26.3 Å². The van der Waals surface area contributed by atoms with Crippen LogP contribution in [0.4, 0.5) is 17.1 Å². The van der Waals surface area contributed by atoms with Crippen molar-refractivity contribution in [1.29, 1.82) is 0 Å². The van der Waals surface area contributed by atoms with E-state index in [1.54, 1.807) is 36.4 Å². The molecule has 1 atom stereocenters. The monoisotopic (exact) mass is 352 g/mol. The number of hydrogen-bond acceptors (Lipinski definition) is 6. The van der Waals surface area contributed by atoms with Crippen LogP contribution in [0.15, 0.2) is 52.1 Å². The van der Waals surface area contributed by atoms with Crippen molar-refractivity contribution in [3.8, 4) is 11.5 Å². The molecular weight excluding hydrogens is 332 g/mol. The first kappa shape index (κ1) is 17.5. The molecule has 1 unspecified atom stereocenters. The average Bonchev–Trinajstić information content (AvgIpc) is 2.65. The van der Waals surface area contributed by atoms with Gasteiger partial charge in [0.15, 0.2) is 0 Å². The minimum atomic E-state index is -0.582. The second-order valence-electron chi connectivity index (χ2n) is 6.19. The molecule has 0 amide bonds. The Kier molecular flexibility index (Phi) is 4.67. The fraction of sp³-hybridized carbons (Fsp3) is 0.200. The van der Waals surface area contributed by atoms with Crippen LogP contribution in [0.5, 0.6) is 11.5 Å². The van der Waals surface area contributed by atoms with Crippen LogP contribution in [0.1, 0.15) is 31.0 Å². The lowest BCUT2D eigenvalue weighted by atomic mass is 10.1. The van der Waals surface area contributed by atoms with E-state index in [1.165, 1.54) is 0 Å². The lowest BCUT2D eigenvalue weighted by Crippen LogP contribution is -2.37. The van der Waals surface area contributed by atoms with Crippen molar-refractivity contribution in [3.63, 3.8) is 0 Å². The summed E-state index contributed by atoms with van der Waals surface area (Å²) in [6.45, 7) is 3.76. The van der Waals surface area contributed by atoms with Crippen LogP contribution in [0.25, 0.3) is 0 Å². The van der Waals surface area contributed by atoms with E-state index in [4.69, 9.17) is 0 Å². The summed E-state index contributed by atoms with van der Waals surface area (Å²) in [7, 11) is 0. The summed E-state index contributed by atoms with van der Waals surface area (Å²) >= 11 is 0. The lowest BCUT2D eigenvalue weighted by molar-refractivity contribution is 0.469. The van der Waals surface area contributed by atoms with Gasteiger partial charge in [0.25, 0.3) is 10.9 Å². The largest absolute Gasteiger partial charge is 0.508 e. The average molecular weight is 352 g/mol. The second-order valence-corrected chi connectivity index (χ2v) is 6.19. The number of rotatable bonds is 6.